The van der Waals surface area contributed by atoms with Crippen molar-refractivity contribution in [1.82, 2.24) is 9.78 Å². The minimum Gasteiger partial charge on any atom is -0.493 e. The monoisotopic (exact) mass is 407 g/mol. The molecule has 1 heterocycles. The average Bonchev–Trinajstić information content (AvgIpc) is 3.27. The number of ether oxygens (including phenoxy) is 2. The summed E-state index contributed by atoms with van der Waals surface area (Å²) in [6.45, 7) is 0. The van der Waals surface area contributed by atoms with Crippen molar-refractivity contribution in [3.05, 3.63) is 96.2 Å². The van der Waals surface area contributed by atoms with Crippen molar-refractivity contribution >= 4 is 11.6 Å². The summed E-state index contributed by atoms with van der Waals surface area (Å²) in [6, 6.07) is 27.5. The van der Waals surface area contributed by atoms with Gasteiger partial charge in [-0.05, 0) is 42.0 Å². The van der Waals surface area contributed by atoms with Crippen LogP contribution in [0.25, 0.3) is 28.6 Å². The van der Waals surface area contributed by atoms with Crippen LogP contribution in [0, 0.1) is 11.3 Å². The number of hydrogen-bond donors (Lipinski definition) is 0. The van der Waals surface area contributed by atoms with Crippen LogP contribution < -0.4 is 9.47 Å². The van der Waals surface area contributed by atoms with E-state index in [9.17, 15) is 5.26 Å². The van der Waals surface area contributed by atoms with Gasteiger partial charge in [-0.1, -0.05) is 48.5 Å². The first-order valence-corrected chi connectivity index (χ1v) is 9.78. The Hall–Kier alpha value is -4.30. The predicted octanol–water partition coefficient (Wildman–Crippen LogP) is 5.62. The molecule has 0 saturated heterocycles. The molecular formula is C26H21N3O2. The number of rotatable bonds is 6. The quantitative estimate of drug-likeness (QED) is 0.389. The van der Waals surface area contributed by atoms with E-state index in [1.165, 1.54) is 0 Å². The molecule has 5 nitrogen and oxygen atoms in total. The molecule has 0 aliphatic rings. The van der Waals surface area contributed by atoms with Crippen LogP contribution in [0.3, 0.4) is 0 Å². The van der Waals surface area contributed by atoms with Crippen molar-refractivity contribution < 1.29 is 9.47 Å². The fourth-order valence-electron chi connectivity index (χ4n) is 3.37. The van der Waals surface area contributed by atoms with Crippen LogP contribution >= 0.6 is 0 Å². The number of aromatic nitrogens is 2. The third kappa shape index (κ3) is 4.19. The van der Waals surface area contributed by atoms with Gasteiger partial charge < -0.3 is 9.47 Å². The van der Waals surface area contributed by atoms with E-state index in [4.69, 9.17) is 14.6 Å². The molecule has 4 aromatic rings. The topological polar surface area (TPSA) is 60.1 Å². The summed E-state index contributed by atoms with van der Waals surface area (Å²) in [5, 5.41) is 14.6. The van der Waals surface area contributed by atoms with E-state index in [-0.39, 0.29) is 0 Å². The Labute approximate surface area is 181 Å². The van der Waals surface area contributed by atoms with Gasteiger partial charge in [0.05, 0.1) is 31.5 Å². The molecule has 5 heteroatoms. The minimum absolute atomic E-state index is 0.565. The van der Waals surface area contributed by atoms with Crippen LogP contribution in [0.5, 0.6) is 11.5 Å². The number of nitriles is 1. The molecule has 0 radical (unpaired) electrons. The van der Waals surface area contributed by atoms with E-state index in [2.05, 4.69) is 6.07 Å². The highest BCUT2D eigenvalue weighted by atomic mass is 16.5. The number of nitrogens with zero attached hydrogens (tertiary/aromatic N) is 3. The van der Waals surface area contributed by atoms with E-state index in [1.807, 2.05) is 95.8 Å². The maximum atomic E-state index is 9.79. The van der Waals surface area contributed by atoms with Gasteiger partial charge in [0.2, 0.25) is 0 Å². The maximum absolute atomic E-state index is 9.79. The summed E-state index contributed by atoms with van der Waals surface area (Å²) in [7, 11) is 3.21. The van der Waals surface area contributed by atoms with E-state index in [0.29, 0.717) is 17.1 Å². The van der Waals surface area contributed by atoms with Gasteiger partial charge in [0.1, 0.15) is 5.69 Å². The number of hydrogen-bond acceptors (Lipinski definition) is 4. The van der Waals surface area contributed by atoms with E-state index < -0.39 is 0 Å². The van der Waals surface area contributed by atoms with Gasteiger partial charge in [0.25, 0.3) is 0 Å². The molecule has 0 fully saturated rings. The second-order valence-corrected chi connectivity index (χ2v) is 6.82. The van der Waals surface area contributed by atoms with Crippen LogP contribution in [0.1, 0.15) is 11.1 Å². The molecule has 0 unspecified atom stereocenters. The zero-order valence-electron chi connectivity index (χ0n) is 17.3. The van der Waals surface area contributed by atoms with Crippen molar-refractivity contribution in [3.63, 3.8) is 0 Å². The molecule has 152 valence electrons. The summed E-state index contributed by atoms with van der Waals surface area (Å²) in [5.74, 6) is 1.26. The minimum atomic E-state index is 0.565. The molecule has 0 aliphatic heterocycles. The smallest absolute Gasteiger partial charge is 0.161 e. The normalized spacial score (nSPS) is 11.1. The number of benzene rings is 3. The molecule has 0 bridgehead atoms. The first-order chi connectivity index (χ1) is 15.2. The summed E-state index contributed by atoms with van der Waals surface area (Å²) in [6.07, 6.45) is 3.80. The third-order valence-corrected chi connectivity index (χ3v) is 4.93. The summed E-state index contributed by atoms with van der Waals surface area (Å²) < 4.78 is 12.7. The lowest BCUT2D eigenvalue weighted by molar-refractivity contribution is 0.355. The highest BCUT2D eigenvalue weighted by molar-refractivity contribution is 5.92. The van der Waals surface area contributed by atoms with Gasteiger partial charge in [-0.3, -0.25) is 0 Å². The average molecular weight is 407 g/mol. The van der Waals surface area contributed by atoms with Crippen LogP contribution in [-0.4, -0.2) is 24.0 Å². The second-order valence-electron chi connectivity index (χ2n) is 6.82. The zero-order valence-corrected chi connectivity index (χ0v) is 17.3. The lowest BCUT2D eigenvalue weighted by atomic mass is 10.0. The van der Waals surface area contributed by atoms with Crippen molar-refractivity contribution in [2.24, 2.45) is 0 Å². The lowest BCUT2D eigenvalue weighted by Gasteiger charge is -2.09. The van der Waals surface area contributed by atoms with E-state index >= 15 is 0 Å². The van der Waals surface area contributed by atoms with Gasteiger partial charge in [-0.25, -0.2) is 4.68 Å². The summed E-state index contributed by atoms with van der Waals surface area (Å²) in [5.41, 5.74) is 4.79. The van der Waals surface area contributed by atoms with Crippen molar-refractivity contribution in [2.75, 3.05) is 14.2 Å². The van der Waals surface area contributed by atoms with Gasteiger partial charge in [0, 0.05) is 17.3 Å². The Morgan fingerprint density at radius 1 is 0.903 bits per heavy atom. The molecule has 0 amide bonds. The Morgan fingerprint density at radius 3 is 2.23 bits per heavy atom. The van der Waals surface area contributed by atoms with Gasteiger partial charge >= 0.3 is 0 Å². The van der Waals surface area contributed by atoms with Crippen molar-refractivity contribution in [1.29, 1.82) is 5.26 Å². The largest absolute Gasteiger partial charge is 0.493 e. The van der Waals surface area contributed by atoms with Gasteiger partial charge in [-0.2, -0.15) is 10.4 Å². The van der Waals surface area contributed by atoms with Crippen molar-refractivity contribution in [2.45, 2.75) is 0 Å². The molecule has 4 rings (SSSR count). The van der Waals surface area contributed by atoms with E-state index in [1.54, 1.807) is 14.2 Å². The Kier molecular flexibility index (Phi) is 5.82. The summed E-state index contributed by atoms with van der Waals surface area (Å²) >= 11 is 0. The standard InChI is InChI=1S/C26H21N3O2/c1-30-24-14-13-20(16-25(24)31-2)26-22(15-21(17-27)19-9-5-3-6-10-19)18-29(28-26)23-11-7-4-8-12-23/h3-16,18H,1-2H3/b21-15+. The Balaban J connectivity index is 1.89. The fourth-order valence-corrected chi connectivity index (χ4v) is 3.37. The molecule has 0 N–H and O–H groups in total. The Bertz CT molecular complexity index is 1250. The summed E-state index contributed by atoms with van der Waals surface area (Å²) in [4.78, 5) is 0. The molecule has 0 aliphatic carbocycles. The zero-order chi connectivity index (χ0) is 21.6. The first-order valence-electron chi connectivity index (χ1n) is 9.78. The molecule has 0 spiro atoms. The first kappa shape index (κ1) is 20.0. The van der Waals surface area contributed by atoms with Gasteiger partial charge in [-0.15, -0.1) is 0 Å². The third-order valence-electron chi connectivity index (χ3n) is 4.93. The molecule has 1 aromatic heterocycles. The Morgan fingerprint density at radius 2 is 1.58 bits per heavy atom. The number of allylic oxidation sites excluding steroid dienone is 1. The van der Waals surface area contributed by atoms with Crippen LogP contribution in [0.4, 0.5) is 0 Å². The molecule has 3 aromatic carbocycles. The maximum Gasteiger partial charge on any atom is 0.161 e. The van der Waals surface area contributed by atoms with Gasteiger partial charge in [0.15, 0.2) is 11.5 Å². The van der Waals surface area contributed by atoms with E-state index in [0.717, 1.165) is 28.1 Å². The van der Waals surface area contributed by atoms with Crippen LogP contribution in [-0.2, 0) is 0 Å². The van der Waals surface area contributed by atoms with Crippen LogP contribution in [0.2, 0.25) is 0 Å². The SMILES string of the molecule is COc1ccc(-c2nn(-c3ccccc3)cc2/C=C(\C#N)c2ccccc2)cc1OC. The number of methoxy groups -OCH3 is 2. The van der Waals surface area contributed by atoms with Crippen molar-refractivity contribution in [3.8, 4) is 34.5 Å². The number of para-hydroxylation sites is 1. The fraction of sp³-hybridized carbons (Fsp3) is 0.0769. The highest BCUT2D eigenvalue weighted by Crippen LogP contribution is 2.34. The predicted molar refractivity (Wildman–Crippen MR) is 122 cm³/mol. The molecule has 0 atom stereocenters. The second kappa shape index (κ2) is 9.02. The lowest BCUT2D eigenvalue weighted by Crippen LogP contribution is -1.95. The molecular weight excluding hydrogens is 386 g/mol. The molecule has 31 heavy (non-hydrogen) atoms. The molecule has 0 saturated carbocycles. The highest BCUT2D eigenvalue weighted by Gasteiger charge is 2.15. The van der Waals surface area contributed by atoms with Crippen LogP contribution in [0.15, 0.2) is 85.1 Å².